The number of rotatable bonds is 22. The van der Waals surface area contributed by atoms with Gasteiger partial charge in [-0.2, -0.15) is 0 Å². The van der Waals surface area contributed by atoms with Gasteiger partial charge in [-0.3, -0.25) is 28.8 Å². The molecular weight excluding hydrogens is 1440 g/mol. The topological polar surface area (TPSA) is 323 Å². The number of nitrogens with two attached hydrogens (primary N) is 2. The summed E-state index contributed by atoms with van der Waals surface area (Å²) in [5, 5.41) is 79.1. The zero-order valence-corrected chi connectivity index (χ0v) is 42.4. The number of carbonyl (C=O) groups excluding carboxylic acids is 6. The molecule has 0 saturated carbocycles. The first-order valence-corrected chi connectivity index (χ1v) is 22.9. The number of carbonyl (C=O) groups is 6. The third-order valence-corrected chi connectivity index (χ3v) is 14.5. The van der Waals surface area contributed by atoms with Gasteiger partial charge in [0.25, 0.3) is 11.8 Å². The second kappa shape index (κ2) is 24.4. The van der Waals surface area contributed by atoms with Crippen molar-refractivity contribution in [2.24, 2.45) is 11.5 Å². The molecule has 0 spiro atoms. The van der Waals surface area contributed by atoms with Crippen molar-refractivity contribution < 1.29 is 69.6 Å². The average Bonchev–Trinajstić information content (AvgIpc) is 3.14. The third kappa shape index (κ3) is 13.4. The maximum atomic E-state index is 14.4. The van der Waals surface area contributed by atoms with Crippen LogP contribution in [0.15, 0.2) is 0 Å². The summed E-state index contributed by atoms with van der Waals surface area (Å²) in [6.45, 7) is -4.32. The van der Waals surface area contributed by atoms with Gasteiger partial charge in [0, 0.05) is 38.2 Å². The molecule has 57 heavy (non-hydrogen) atoms. The number of halogens is 6. The number of ketones is 2. The number of anilines is 2. The van der Waals surface area contributed by atoms with E-state index in [-0.39, 0.29) is 80.7 Å². The fraction of sp³-hybridized carbons (Fsp3) is 0.455. The van der Waals surface area contributed by atoms with Gasteiger partial charge >= 0.3 is 0 Å². The highest BCUT2D eigenvalue weighted by Crippen LogP contribution is 2.41. The summed E-state index contributed by atoms with van der Waals surface area (Å²) >= 11 is 10.4. The monoisotopic (exact) mass is 1480 g/mol. The van der Waals surface area contributed by atoms with Gasteiger partial charge in [0.1, 0.15) is 6.42 Å². The van der Waals surface area contributed by atoms with Crippen LogP contribution in [0.5, 0.6) is 0 Å². The first-order valence-electron chi connectivity index (χ1n) is 16.4. The van der Waals surface area contributed by atoms with E-state index in [0.717, 1.165) is 9.80 Å². The average molecular weight is 1480 g/mol. The fourth-order valence-corrected chi connectivity index (χ4v) is 15.0. The van der Waals surface area contributed by atoms with Gasteiger partial charge in [-0.1, -0.05) is 0 Å². The Morgan fingerprint density at radius 3 is 1.02 bits per heavy atom. The lowest BCUT2D eigenvalue weighted by molar-refractivity contribution is -0.127. The summed E-state index contributed by atoms with van der Waals surface area (Å²) < 4.78 is 0.469. The molecule has 2 aromatic carbocycles. The van der Waals surface area contributed by atoms with Crippen molar-refractivity contribution in [2.45, 2.75) is 56.5 Å². The van der Waals surface area contributed by atoms with Crippen LogP contribution in [0.2, 0.25) is 0 Å². The molecule has 2 rings (SSSR count). The summed E-state index contributed by atoms with van der Waals surface area (Å²) in [7, 11) is 0. The molecular formula is C33H38I6N4O14. The number of aliphatic hydroxyl groups is 8. The minimum Gasteiger partial charge on any atom is -0.394 e. The highest BCUT2D eigenvalue weighted by Gasteiger charge is 2.36. The van der Waals surface area contributed by atoms with E-state index in [4.69, 9.17) is 11.5 Å². The Balaban J connectivity index is 2.90. The van der Waals surface area contributed by atoms with E-state index in [2.05, 4.69) is 0 Å². The molecule has 24 heteroatoms. The highest BCUT2D eigenvalue weighted by molar-refractivity contribution is 14.1. The Labute approximate surface area is 407 Å². The second-order valence-corrected chi connectivity index (χ2v) is 18.7. The van der Waals surface area contributed by atoms with Crippen LogP contribution in [0.25, 0.3) is 0 Å². The minimum absolute atomic E-state index is 0.0432. The largest absolute Gasteiger partial charge is 0.394 e. The molecule has 0 aliphatic rings. The van der Waals surface area contributed by atoms with Gasteiger partial charge in [0.2, 0.25) is 11.8 Å². The van der Waals surface area contributed by atoms with Crippen LogP contribution in [0, 0.1) is 21.4 Å². The van der Waals surface area contributed by atoms with E-state index < -0.39 is 106 Å². The standard InChI is InChI=1S/C33H38I6N4O14/c34-24-20(16(52)3-1-12(48)8-44)26(36)30(28(38)22(24)32(40)56)42(6-14(50)10-46)18(54)5-19(55)43(7-15(51)11-47)31-27(37)21(17(53)4-2-13(49)9-45)25(35)23(29(31)39)33(41)57/h12-15,44-51H,1-11H2,(H2,40,56)(H2,41,57). The van der Waals surface area contributed by atoms with Gasteiger partial charge in [0.05, 0.1) is 93.6 Å². The summed E-state index contributed by atoms with van der Waals surface area (Å²) in [6.07, 6.45) is -7.68. The van der Waals surface area contributed by atoms with Gasteiger partial charge in [-0.25, -0.2) is 0 Å². The molecule has 0 aliphatic heterocycles. The Morgan fingerprint density at radius 1 is 0.474 bits per heavy atom. The van der Waals surface area contributed by atoms with Crippen molar-refractivity contribution in [1.29, 1.82) is 0 Å². The summed E-state index contributed by atoms with van der Waals surface area (Å²) in [6, 6.07) is 0. The zero-order chi connectivity index (χ0) is 43.6. The van der Waals surface area contributed by atoms with Crippen molar-refractivity contribution in [3.05, 3.63) is 43.7 Å². The van der Waals surface area contributed by atoms with Crippen molar-refractivity contribution in [3.63, 3.8) is 0 Å². The van der Waals surface area contributed by atoms with Gasteiger partial charge in [-0.05, 0) is 148 Å². The van der Waals surface area contributed by atoms with Crippen LogP contribution in [0.4, 0.5) is 11.4 Å². The third-order valence-electron chi connectivity index (χ3n) is 8.12. The molecule has 0 saturated heterocycles. The molecule has 0 aromatic heterocycles. The van der Waals surface area contributed by atoms with Crippen LogP contribution in [0.1, 0.15) is 73.5 Å². The number of primary amides is 2. The maximum Gasteiger partial charge on any atom is 0.250 e. The predicted octanol–water partition coefficient (Wildman–Crippen LogP) is 0.607. The van der Waals surface area contributed by atoms with Crippen LogP contribution >= 0.6 is 136 Å². The molecule has 0 fully saturated rings. The first-order chi connectivity index (χ1) is 26.6. The molecule has 316 valence electrons. The van der Waals surface area contributed by atoms with E-state index in [0.29, 0.717) is 0 Å². The Morgan fingerprint density at radius 2 is 0.754 bits per heavy atom. The molecule has 12 N–H and O–H groups in total. The number of nitrogens with zero attached hydrogens (tertiary/aromatic N) is 2. The lowest BCUT2D eigenvalue weighted by atomic mass is 10.00. The predicted molar refractivity (Wildman–Crippen MR) is 255 cm³/mol. The smallest absolute Gasteiger partial charge is 0.250 e. The SMILES string of the molecule is NC(=O)c1c(I)c(C(=O)CCC(O)CO)c(I)c(N(CC(O)CO)C(=O)CC(=O)N(CC(O)CO)c2c(I)c(C(N)=O)c(I)c(C(=O)CCC(O)CO)c2I)c1I. The van der Waals surface area contributed by atoms with Gasteiger partial charge in [0.15, 0.2) is 11.6 Å². The number of amides is 4. The van der Waals surface area contributed by atoms with E-state index in [1.165, 1.54) is 0 Å². The quantitative estimate of drug-likeness (QED) is 0.0439. The molecule has 0 bridgehead atoms. The maximum absolute atomic E-state index is 14.4. The molecule has 0 heterocycles. The van der Waals surface area contributed by atoms with Crippen LogP contribution in [0.3, 0.4) is 0 Å². The summed E-state index contributed by atoms with van der Waals surface area (Å²) in [5.74, 6) is -5.31. The molecule has 4 unspecified atom stereocenters. The fourth-order valence-electron chi connectivity index (χ4n) is 5.22. The molecule has 4 atom stereocenters. The van der Waals surface area contributed by atoms with Gasteiger partial charge in [-0.15, -0.1) is 0 Å². The number of hydrogen-bond acceptors (Lipinski definition) is 14. The van der Waals surface area contributed by atoms with Crippen molar-refractivity contribution in [3.8, 4) is 0 Å². The molecule has 2 aromatic rings. The van der Waals surface area contributed by atoms with E-state index in [1.54, 1.807) is 136 Å². The van der Waals surface area contributed by atoms with Gasteiger partial charge < -0.3 is 62.1 Å². The second-order valence-electron chi connectivity index (χ2n) is 12.3. The number of benzene rings is 2. The van der Waals surface area contributed by atoms with Crippen LogP contribution in [-0.4, -0.2) is 140 Å². The minimum atomic E-state index is -1.62. The first kappa shape index (κ1) is 52.9. The van der Waals surface area contributed by atoms with Crippen molar-refractivity contribution in [1.82, 2.24) is 0 Å². The van der Waals surface area contributed by atoms with Crippen LogP contribution < -0.4 is 21.3 Å². The summed E-state index contributed by atoms with van der Waals surface area (Å²) in [5.41, 5.74) is 10.7. The Kier molecular flexibility index (Phi) is 22.6. The van der Waals surface area contributed by atoms with Crippen molar-refractivity contribution in [2.75, 3.05) is 49.3 Å². The molecule has 4 amide bonds. The lowest BCUT2D eigenvalue weighted by Crippen LogP contribution is -2.45. The number of hydrogen-bond donors (Lipinski definition) is 10. The normalized spacial score (nSPS) is 13.4. The van der Waals surface area contributed by atoms with Crippen LogP contribution in [-0.2, 0) is 9.59 Å². The molecule has 18 nitrogen and oxygen atoms in total. The Hall–Kier alpha value is -0.280. The molecule has 0 aliphatic carbocycles. The summed E-state index contributed by atoms with van der Waals surface area (Å²) in [4.78, 5) is 83.2. The van der Waals surface area contributed by atoms with E-state index in [1.807, 2.05) is 0 Å². The number of aliphatic hydroxyl groups excluding tert-OH is 8. The number of Topliss-reactive ketones (excluding diaryl/α,β-unsaturated/α-hetero) is 2. The van der Waals surface area contributed by atoms with Crippen molar-refractivity contribution >= 4 is 182 Å². The van der Waals surface area contributed by atoms with E-state index >= 15 is 0 Å². The lowest BCUT2D eigenvalue weighted by Gasteiger charge is -2.32. The Bertz CT molecular complexity index is 1760. The van der Waals surface area contributed by atoms with E-state index in [9.17, 15) is 69.6 Å². The zero-order valence-electron chi connectivity index (χ0n) is 29.4. The highest BCUT2D eigenvalue weighted by atomic mass is 127. The molecule has 0 radical (unpaired) electrons.